The van der Waals surface area contributed by atoms with Crippen molar-refractivity contribution in [1.82, 2.24) is 5.32 Å². The summed E-state index contributed by atoms with van der Waals surface area (Å²) in [6.07, 6.45) is 5.41. The van der Waals surface area contributed by atoms with Crippen LogP contribution in [0, 0.1) is 11.3 Å². The number of hydrogen-bond acceptors (Lipinski definition) is 3. The van der Waals surface area contributed by atoms with E-state index in [0.717, 1.165) is 25.4 Å². The Kier molecular flexibility index (Phi) is 7.33. The maximum atomic E-state index is 6.30. The molecule has 114 valence electrons. The van der Waals surface area contributed by atoms with Crippen LogP contribution in [0.4, 0.5) is 0 Å². The molecule has 1 saturated carbocycles. The van der Waals surface area contributed by atoms with E-state index in [9.17, 15) is 0 Å². The Bertz CT molecular complexity index is 243. The zero-order valence-electron chi connectivity index (χ0n) is 13.5. The van der Waals surface area contributed by atoms with Crippen LogP contribution in [-0.4, -0.2) is 39.0 Å². The van der Waals surface area contributed by atoms with Gasteiger partial charge in [0.25, 0.3) is 0 Å². The Labute approximate surface area is 119 Å². The van der Waals surface area contributed by atoms with Gasteiger partial charge < -0.3 is 14.8 Å². The van der Waals surface area contributed by atoms with E-state index in [0.29, 0.717) is 18.1 Å². The number of hydrogen-bond donors (Lipinski definition) is 1. The minimum Gasteiger partial charge on any atom is -0.382 e. The van der Waals surface area contributed by atoms with Crippen LogP contribution in [0.1, 0.15) is 53.4 Å². The van der Waals surface area contributed by atoms with E-state index in [-0.39, 0.29) is 6.10 Å². The van der Waals surface area contributed by atoms with Crippen molar-refractivity contribution in [3.8, 4) is 0 Å². The fraction of sp³-hybridized carbons (Fsp3) is 1.00. The third kappa shape index (κ3) is 6.73. The first-order chi connectivity index (χ1) is 8.96. The predicted octanol–water partition coefficient (Wildman–Crippen LogP) is 3.23. The molecule has 1 fully saturated rings. The summed E-state index contributed by atoms with van der Waals surface area (Å²) in [5.41, 5.74) is 0.413. The number of ether oxygens (including phenoxy) is 2. The number of rotatable bonds is 8. The molecule has 1 N–H and O–H groups in total. The minimum atomic E-state index is 0.183. The van der Waals surface area contributed by atoms with Crippen LogP contribution in [0.25, 0.3) is 0 Å². The quantitative estimate of drug-likeness (QED) is 0.688. The highest BCUT2D eigenvalue weighted by atomic mass is 16.5. The molecule has 3 nitrogen and oxygen atoms in total. The Morgan fingerprint density at radius 2 is 2.05 bits per heavy atom. The van der Waals surface area contributed by atoms with Gasteiger partial charge in [0.2, 0.25) is 0 Å². The molecule has 3 unspecified atom stereocenters. The lowest BCUT2D eigenvalue weighted by atomic mass is 9.71. The average molecular weight is 271 g/mol. The topological polar surface area (TPSA) is 30.5 Å². The Hall–Kier alpha value is -0.120. The van der Waals surface area contributed by atoms with Crippen LogP contribution in [0.3, 0.4) is 0 Å². The van der Waals surface area contributed by atoms with Crippen molar-refractivity contribution in [2.24, 2.45) is 11.3 Å². The van der Waals surface area contributed by atoms with Crippen molar-refractivity contribution in [1.29, 1.82) is 0 Å². The van der Waals surface area contributed by atoms with E-state index in [4.69, 9.17) is 9.47 Å². The van der Waals surface area contributed by atoms with Crippen LogP contribution in [0.5, 0.6) is 0 Å². The van der Waals surface area contributed by atoms with E-state index in [2.05, 4.69) is 33.0 Å². The molecule has 0 radical (unpaired) electrons. The molecule has 0 aromatic rings. The van der Waals surface area contributed by atoms with Gasteiger partial charge in [0.15, 0.2) is 0 Å². The van der Waals surface area contributed by atoms with Crippen molar-refractivity contribution in [3.05, 3.63) is 0 Å². The van der Waals surface area contributed by atoms with Crippen molar-refractivity contribution in [3.63, 3.8) is 0 Å². The second-order valence-corrected chi connectivity index (χ2v) is 6.95. The maximum Gasteiger partial charge on any atom is 0.0936 e. The van der Waals surface area contributed by atoms with Gasteiger partial charge in [0, 0.05) is 13.7 Å². The van der Waals surface area contributed by atoms with Crippen molar-refractivity contribution in [2.45, 2.75) is 65.6 Å². The molecular weight excluding hydrogens is 238 g/mol. The largest absolute Gasteiger partial charge is 0.382 e. The summed E-state index contributed by atoms with van der Waals surface area (Å²) < 4.78 is 11.6. The molecule has 0 heterocycles. The minimum absolute atomic E-state index is 0.183. The smallest absolute Gasteiger partial charge is 0.0936 e. The molecule has 0 aromatic heterocycles. The number of methoxy groups -OCH3 is 1. The lowest BCUT2D eigenvalue weighted by Gasteiger charge is -2.40. The zero-order chi connectivity index (χ0) is 14.3. The Balaban J connectivity index is 2.43. The second kappa shape index (κ2) is 8.23. The van der Waals surface area contributed by atoms with Crippen molar-refractivity contribution in [2.75, 3.05) is 26.8 Å². The summed E-state index contributed by atoms with van der Waals surface area (Å²) in [5, 5.41) is 3.44. The first-order valence-electron chi connectivity index (χ1n) is 7.82. The van der Waals surface area contributed by atoms with Gasteiger partial charge in [-0.1, -0.05) is 27.7 Å². The van der Waals surface area contributed by atoms with E-state index >= 15 is 0 Å². The molecule has 0 spiro atoms. The van der Waals surface area contributed by atoms with Crippen molar-refractivity contribution < 1.29 is 9.47 Å². The average Bonchev–Trinajstić information content (AvgIpc) is 2.26. The molecular formula is C16H33NO2. The molecule has 1 aliphatic carbocycles. The molecule has 3 heteroatoms. The van der Waals surface area contributed by atoms with Crippen LogP contribution in [0.15, 0.2) is 0 Å². The maximum absolute atomic E-state index is 6.30. The monoisotopic (exact) mass is 271 g/mol. The van der Waals surface area contributed by atoms with E-state index in [1.54, 1.807) is 7.11 Å². The summed E-state index contributed by atoms with van der Waals surface area (Å²) in [6.45, 7) is 11.9. The Morgan fingerprint density at radius 3 is 2.63 bits per heavy atom. The third-order valence-corrected chi connectivity index (χ3v) is 3.88. The summed E-state index contributed by atoms with van der Waals surface area (Å²) in [4.78, 5) is 0. The Morgan fingerprint density at radius 1 is 1.32 bits per heavy atom. The van der Waals surface area contributed by atoms with Gasteiger partial charge in [-0.25, -0.2) is 0 Å². The molecule has 0 aliphatic heterocycles. The summed E-state index contributed by atoms with van der Waals surface area (Å²) in [5.74, 6) is 0.764. The highest BCUT2D eigenvalue weighted by Crippen LogP contribution is 2.39. The lowest BCUT2D eigenvalue weighted by Crippen LogP contribution is -2.40. The molecule has 1 aliphatic rings. The summed E-state index contributed by atoms with van der Waals surface area (Å²) >= 11 is 0. The fourth-order valence-electron chi connectivity index (χ4n) is 3.41. The predicted molar refractivity (Wildman–Crippen MR) is 80.5 cm³/mol. The van der Waals surface area contributed by atoms with E-state index in [1.165, 1.54) is 19.3 Å². The standard InChI is InChI=1S/C16H33NO2/c1-6-7-17-11-15(12-18-5)19-14-8-13(2)9-16(3,4)10-14/h13-15,17H,6-12H2,1-5H3. The normalized spacial score (nSPS) is 28.3. The van der Waals surface area contributed by atoms with Crippen LogP contribution in [0.2, 0.25) is 0 Å². The molecule has 1 rings (SSSR count). The highest BCUT2D eigenvalue weighted by Gasteiger charge is 2.33. The highest BCUT2D eigenvalue weighted by molar-refractivity contribution is 4.84. The lowest BCUT2D eigenvalue weighted by molar-refractivity contribution is -0.0856. The van der Waals surface area contributed by atoms with Gasteiger partial charge in [-0.3, -0.25) is 0 Å². The van der Waals surface area contributed by atoms with E-state index < -0.39 is 0 Å². The van der Waals surface area contributed by atoms with Crippen LogP contribution in [-0.2, 0) is 9.47 Å². The molecule has 0 amide bonds. The van der Waals surface area contributed by atoms with Gasteiger partial charge >= 0.3 is 0 Å². The number of nitrogens with one attached hydrogen (secondary N) is 1. The third-order valence-electron chi connectivity index (χ3n) is 3.88. The first-order valence-corrected chi connectivity index (χ1v) is 7.82. The van der Waals surface area contributed by atoms with Crippen molar-refractivity contribution >= 4 is 0 Å². The second-order valence-electron chi connectivity index (χ2n) is 6.95. The van der Waals surface area contributed by atoms with E-state index in [1.807, 2.05) is 0 Å². The van der Waals surface area contributed by atoms with Gasteiger partial charge in [-0.15, -0.1) is 0 Å². The fourth-order valence-corrected chi connectivity index (χ4v) is 3.41. The molecule has 0 saturated heterocycles. The summed E-state index contributed by atoms with van der Waals surface area (Å²) in [7, 11) is 1.75. The van der Waals surface area contributed by atoms with Gasteiger partial charge in [-0.05, 0) is 43.6 Å². The molecule has 19 heavy (non-hydrogen) atoms. The van der Waals surface area contributed by atoms with Crippen LogP contribution >= 0.6 is 0 Å². The van der Waals surface area contributed by atoms with Gasteiger partial charge in [0.05, 0.1) is 18.8 Å². The molecule has 0 bridgehead atoms. The molecule has 0 aromatic carbocycles. The summed E-state index contributed by atoms with van der Waals surface area (Å²) in [6, 6.07) is 0. The first kappa shape index (κ1) is 16.9. The zero-order valence-corrected chi connectivity index (χ0v) is 13.5. The van der Waals surface area contributed by atoms with Crippen LogP contribution < -0.4 is 5.32 Å². The SMILES string of the molecule is CCCNCC(COC)OC1CC(C)CC(C)(C)C1. The molecule has 3 atom stereocenters. The van der Waals surface area contributed by atoms with Gasteiger partial charge in [0.1, 0.15) is 0 Å². The van der Waals surface area contributed by atoms with Gasteiger partial charge in [-0.2, -0.15) is 0 Å².